The maximum Gasteiger partial charge on any atom is 0.524 e. The Balaban J connectivity index is 2.01. The molecular formula is C16H25NO8P2. The molecule has 4 N–H and O–H groups in total. The van der Waals surface area contributed by atoms with Crippen LogP contribution in [0.1, 0.15) is 37.3 Å². The van der Waals surface area contributed by atoms with E-state index in [-0.39, 0.29) is 11.5 Å². The van der Waals surface area contributed by atoms with Gasteiger partial charge in [-0.15, -0.1) is 0 Å². The van der Waals surface area contributed by atoms with Gasteiger partial charge in [0, 0.05) is 11.6 Å². The lowest BCUT2D eigenvalue weighted by Gasteiger charge is -2.45. The first kappa shape index (κ1) is 20.8. The standard InChI is InChI=1S/C16H25NO8P2/c1-2-7-17-8-3-4-12-9-13-11(10-14(12)17)5-6-15(24-26(18,19)20)16(13)25-27(21,22)23/h5-6,12,14H,2-4,7-10H2,1H3,(H2,18,19,20)(H2,21,22,23)/t12-,14-/m1/s1. The van der Waals surface area contributed by atoms with E-state index >= 15 is 0 Å². The van der Waals surface area contributed by atoms with Crippen LogP contribution in [0.2, 0.25) is 0 Å². The third-order valence-electron chi connectivity index (χ3n) is 5.19. The maximum atomic E-state index is 11.4. The quantitative estimate of drug-likeness (QED) is 0.510. The van der Waals surface area contributed by atoms with Gasteiger partial charge >= 0.3 is 15.6 Å². The number of likely N-dealkylation sites (tertiary alicyclic amines) is 1. The molecule has 1 fully saturated rings. The van der Waals surface area contributed by atoms with Gasteiger partial charge in [-0.2, -0.15) is 0 Å². The first-order valence-electron chi connectivity index (χ1n) is 8.96. The number of phosphoric acid groups is 2. The summed E-state index contributed by atoms with van der Waals surface area (Å²) in [4.78, 5) is 39.2. The second-order valence-corrected chi connectivity index (χ2v) is 9.44. The Morgan fingerprint density at radius 3 is 2.44 bits per heavy atom. The molecule has 0 saturated carbocycles. The van der Waals surface area contributed by atoms with Gasteiger partial charge < -0.3 is 9.05 Å². The second kappa shape index (κ2) is 7.84. The predicted octanol–water partition coefficient (Wildman–Crippen LogP) is 2.22. The zero-order chi connectivity index (χ0) is 19.8. The number of rotatable bonds is 6. The molecule has 1 aromatic rings. The van der Waals surface area contributed by atoms with Gasteiger partial charge in [0.25, 0.3) is 0 Å². The lowest BCUT2D eigenvalue weighted by Crippen LogP contribution is -2.49. The van der Waals surface area contributed by atoms with Crippen LogP contribution < -0.4 is 9.05 Å². The maximum absolute atomic E-state index is 11.4. The summed E-state index contributed by atoms with van der Waals surface area (Å²) >= 11 is 0. The number of hydrogen-bond acceptors (Lipinski definition) is 5. The number of benzene rings is 1. The molecule has 0 aromatic heterocycles. The average Bonchev–Trinajstić information content (AvgIpc) is 2.54. The minimum Gasteiger partial charge on any atom is -0.400 e. The Morgan fingerprint density at radius 2 is 1.81 bits per heavy atom. The molecule has 1 aliphatic carbocycles. The molecule has 2 atom stereocenters. The van der Waals surface area contributed by atoms with Gasteiger partial charge in [0.1, 0.15) is 0 Å². The van der Waals surface area contributed by atoms with E-state index < -0.39 is 15.6 Å². The van der Waals surface area contributed by atoms with Crippen LogP contribution in [0.5, 0.6) is 11.5 Å². The highest BCUT2D eigenvalue weighted by Gasteiger charge is 2.38. The van der Waals surface area contributed by atoms with E-state index in [2.05, 4.69) is 16.3 Å². The van der Waals surface area contributed by atoms with Crippen molar-refractivity contribution in [1.82, 2.24) is 4.90 Å². The molecule has 0 spiro atoms. The van der Waals surface area contributed by atoms with Gasteiger partial charge in [0.2, 0.25) is 0 Å². The van der Waals surface area contributed by atoms with Crippen LogP contribution in [0.4, 0.5) is 0 Å². The molecule has 11 heteroatoms. The summed E-state index contributed by atoms with van der Waals surface area (Å²) in [6, 6.07) is 3.35. The lowest BCUT2D eigenvalue weighted by molar-refractivity contribution is 0.0849. The highest BCUT2D eigenvalue weighted by molar-refractivity contribution is 7.47. The number of piperidine rings is 1. The lowest BCUT2D eigenvalue weighted by atomic mass is 9.75. The fraction of sp³-hybridized carbons (Fsp3) is 0.625. The SMILES string of the molecule is CCCN1CCC[C@@H]2Cc3c(ccc(OP(=O)(O)O)c3OP(=O)(O)O)C[C@H]21. The summed E-state index contributed by atoms with van der Waals surface area (Å²) in [5, 5.41) is 0. The Morgan fingerprint density at radius 1 is 1.11 bits per heavy atom. The van der Waals surface area contributed by atoms with Crippen molar-refractivity contribution in [3.63, 3.8) is 0 Å². The topological polar surface area (TPSA) is 137 Å². The van der Waals surface area contributed by atoms with Crippen LogP contribution in [0.3, 0.4) is 0 Å². The van der Waals surface area contributed by atoms with Gasteiger partial charge in [-0.05, 0) is 62.7 Å². The molecule has 0 amide bonds. The monoisotopic (exact) mass is 421 g/mol. The molecule has 2 aliphatic rings. The van der Waals surface area contributed by atoms with E-state index in [1.165, 1.54) is 6.07 Å². The van der Waals surface area contributed by atoms with Crippen molar-refractivity contribution in [2.24, 2.45) is 5.92 Å². The average molecular weight is 421 g/mol. The second-order valence-electron chi connectivity index (χ2n) is 7.11. The fourth-order valence-corrected chi connectivity index (χ4v) is 5.12. The molecular weight excluding hydrogens is 396 g/mol. The Hall–Kier alpha value is -0.920. The number of phosphoric ester groups is 2. The molecule has 1 aliphatic heterocycles. The van der Waals surface area contributed by atoms with Crippen molar-refractivity contribution < 1.29 is 37.8 Å². The van der Waals surface area contributed by atoms with Crippen molar-refractivity contribution >= 4 is 15.6 Å². The Kier molecular flexibility index (Phi) is 6.04. The number of nitrogens with zero attached hydrogens (tertiary/aromatic N) is 1. The molecule has 1 saturated heterocycles. The molecule has 3 rings (SSSR count). The third kappa shape index (κ3) is 5.12. The largest absolute Gasteiger partial charge is 0.524 e. The van der Waals surface area contributed by atoms with E-state index in [9.17, 15) is 18.9 Å². The molecule has 1 heterocycles. The first-order chi connectivity index (χ1) is 12.6. The summed E-state index contributed by atoms with van der Waals surface area (Å²) in [6.07, 6.45) is 4.31. The zero-order valence-electron chi connectivity index (χ0n) is 15.0. The van der Waals surface area contributed by atoms with E-state index in [1.54, 1.807) is 6.07 Å². The van der Waals surface area contributed by atoms with Crippen LogP contribution in [-0.2, 0) is 22.0 Å². The molecule has 152 valence electrons. The van der Waals surface area contributed by atoms with Gasteiger partial charge in [-0.1, -0.05) is 13.0 Å². The fourth-order valence-electron chi connectivity index (χ4n) is 4.28. The predicted molar refractivity (Wildman–Crippen MR) is 97.6 cm³/mol. The smallest absolute Gasteiger partial charge is 0.400 e. The number of hydrogen-bond donors (Lipinski definition) is 4. The van der Waals surface area contributed by atoms with Crippen LogP contribution >= 0.6 is 15.6 Å². The van der Waals surface area contributed by atoms with Crippen LogP contribution in [0.25, 0.3) is 0 Å². The number of fused-ring (bicyclic) bond motifs is 2. The molecule has 27 heavy (non-hydrogen) atoms. The van der Waals surface area contributed by atoms with Crippen molar-refractivity contribution in [3.8, 4) is 11.5 Å². The minimum atomic E-state index is -4.93. The Bertz CT molecular complexity index is 787. The highest BCUT2D eigenvalue weighted by Crippen LogP contribution is 2.51. The summed E-state index contributed by atoms with van der Waals surface area (Å²) in [5.74, 6) is -0.331. The highest BCUT2D eigenvalue weighted by atomic mass is 31.2. The minimum absolute atomic E-state index is 0.268. The molecule has 9 nitrogen and oxygen atoms in total. The van der Waals surface area contributed by atoms with Gasteiger partial charge in [0.15, 0.2) is 11.5 Å². The van der Waals surface area contributed by atoms with E-state index in [1.807, 2.05) is 0 Å². The van der Waals surface area contributed by atoms with Gasteiger partial charge in [-0.3, -0.25) is 24.5 Å². The summed E-state index contributed by atoms with van der Waals surface area (Å²) < 4.78 is 32.1. The van der Waals surface area contributed by atoms with Crippen LogP contribution in [0.15, 0.2) is 12.1 Å². The Labute approximate surface area is 157 Å². The molecule has 0 bridgehead atoms. The van der Waals surface area contributed by atoms with E-state index in [0.717, 1.165) is 37.9 Å². The summed E-state index contributed by atoms with van der Waals surface area (Å²) in [6.45, 7) is 4.18. The van der Waals surface area contributed by atoms with Crippen molar-refractivity contribution in [1.29, 1.82) is 0 Å². The third-order valence-corrected chi connectivity index (χ3v) is 6.04. The first-order valence-corrected chi connectivity index (χ1v) is 12.0. The van der Waals surface area contributed by atoms with E-state index in [4.69, 9.17) is 14.3 Å². The van der Waals surface area contributed by atoms with Crippen molar-refractivity contribution in [3.05, 3.63) is 23.3 Å². The summed E-state index contributed by atoms with van der Waals surface area (Å²) in [5.41, 5.74) is 1.42. The van der Waals surface area contributed by atoms with Gasteiger partial charge in [-0.25, -0.2) is 9.13 Å². The molecule has 1 aromatic carbocycles. The van der Waals surface area contributed by atoms with Crippen LogP contribution in [-0.4, -0.2) is 43.6 Å². The van der Waals surface area contributed by atoms with Gasteiger partial charge in [0.05, 0.1) is 0 Å². The molecule has 0 unspecified atom stereocenters. The van der Waals surface area contributed by atoms with Crippen molar-refractivity contribution in [2.45, 2.75) is 45.1 Å². The summed E-state index contributed by atoms with van der Waals surface area (Å²) in [7, 11) is -9.83. The normalized spacial score (nSPS) is 23.4. The zero-order valence-corrected chi connectivity index (χ0v) is 16.8. The molecule has 0 radical (unpaired) electrons. The van der Waals surface area contributed by atoms with E-state index in [0.29, 0.717) is 30.4 Å². The van der Waals surface area contributed by atoms with Crippen LogP contribution in [0, 0.1) is 5.92 Å². The van der Waals surface area contributed by atoms with Crippen molar-refractivity contribution in [2.75, 3.05) is 13.1 Å².